The smallest absolute Gasteiger partial charge is 0.282 e. The number of fused-ring (bicyclic) bond motifs is 2. The highest BCUT2D eigenvalue weighted by Crippen LogP contribution is 2.23. The van der Waals surface area contributed by atoms with Gasteiger partial charge in [0.25, 0.3) is 5.56 Å². The Kier molecular flexibility index (Phi) is 6.16. The van der Waals surface area contributed by atoms with Crippen molar-refractivity contribution in [1.29, 1.82) is 0 Å². The quantitative estimate of drug-likeness (QED) is 0.242. The first-order chi connectivity index (χ1) is 16.5. The summed E-state index contributed by atoms with van der Waals surface area (Å²) in [6.45, 7) is 4.93. The van der Waals surface area contributed by atoms with Gasteiger partial charge in [-0.2, -0.15) is 9.78 Å². The molecule has 3 aromatic carbocycles. The van der Waals surface area contributed by atoms with Crippen LogP contribution in [0.5, 0.6) is 0 Å². The Morgan fingerprint density at radius 1 is 1.03 bits per heavy atom. The lowest BCUT2D eigenvalue weighted by Crippen LogP contribution is -2.23. The van der Waals surface area contributed by atoms with Gasteiger partial charge in [-0.25, -0.2) is 4.98 Å². The SMILES string of the molecule is CC[C@H](C)c1nc2ccc(Br)cc2c(=O)n1N=Cc1cn(Cc2ccccc2)c2ccccc12. The van der Waals surface area contributed by atoms with E-state index in [9.17, 15) is 4.79 Å². The van der Waals surface area contributed by atoms with Gasteiger partial charge in [0.1, 0.15) is 5.82 Å². The zero-order valence-corrected chi connectivity index (χ0v) is 20.7. The minimum absolute atomic E-state index is 0.0947. The molecule has 6 heteroatoms. The Bertz CT molecular complexity index is 1570. The van der Waals surface area contributed by atoms with Crippen molar-refractivity contribution in [2.24, 2.45) is 5.10 Å². The van der Waals surface area contributed by atoms with E-state index in [0.29, 0.717) is 16.7 Å². The molecule has 2 aromatic heterocycles. The highest BCUT2D eigenvalue weighted by molar-refractivity contribution is 9.10. The van der Waals surface area contributed by atoms with E-state index in [2.05, 4.69) is 82.0 Å². The van der Waals surface area contributed by atoms with Crippen molar-refractivity contribution in [1.82, 2.24) is 14.2 Å². The molecule has 0 amide bonds. The third-order valence-corrected chi connectivity index (χ3v) is 6.71. The van der Waals surface area contributed by atoms with Crippen molar-refractivity contribution in [3.05, 3.63) is 111 Å². The summed E-state index contributed by atoms with van der Waals surface area (Å²) >= 11 is 3.47. The maximum atomic E-state index is 13.4. The minimum atomic E-state index is -0.161. The summed E-state index contributed by atoms with van der Waals surface area (Å²) in [5.41, 5.74) is 3.84. The predicted molar refractivity (Wildman–Crippen MR) is 143 cm³/mol. The highest BCUT2D eigenvalue weighted by Gasteiger charge is 2.16. The molecule has 0 radical (unpaired) electrons. The summed E-state index contributed by atoms with van der Waals surface area (Å²) in [6.07, 6.45) is 4.74. The van der Waals surface area contributed by atoms with Gasteiger partial charge in [0, 0.05) is 39.6 Å². The Morgan fingerprint density at radius 3 is 2.59 bits per heavy atom. The molecule has 0 N–H and O–H groups in total. The number of para-hydroxylation sites is 1. The second-order valence-electron chi connectivity index (χ2n) is 8.52. The minimum Gasteiger partial charge on any atom is -0.342 e. The molecular weight excluding hydrogens is 488 g/mol. The molecule has 0 aliphatic heterocycles. The summed E-state index contributed by atoms with van der Waals surface area (Å²) < 4.78 is 4.53. The summed E-state index contributed by atoms with van der Waals surface area (Å²) in [6, 6.07) is 24.2. The summed E-state index contributed by atoms with van der Waals surface area (Å²) in [7, 11) is 0. The first-order valence-electron chi connectivity index (χ1n) is 11.4. The van der Waals surface area contributed by atoms with Crippen LogP contribution in [-0.4, -0.2) is 20.4 Å². The first-order valence-corrected chi connectivity index (χ1v) is 12.2. The molecular formula is C28H25BrN4O. The fraction of sp³-hybridized carbons (Fsp3) is 0.179. The zero-order chi connectivity index (χ0) is 23.7. The van der Waals surface area contributed by atoms with Crippen molar-refractivity contribution >= 4 is 44.0 Å². The van der Waals surface area contributed by atoms with Crippen molar-refractivity contribution in [2.75, 3.05) is 0 Å². The zero-order valence-electron chi connectivity index (χ0n) is 19.1. The highest BCUT2D eigenvalue weighted by atomic mass is 79.9. The van der Waals surface area contributed by atoms with Gasteiger partial charge in [-0.05, 0) is 36.2 Å². The van der Waals surface area contributed by atoms with Gasteiger partial charge in [0.15, 0.2) is 0 Å². The molecule has 170 valence electrons. The van der Waals surface area contributed by atoms with Gasteiger partial charge >= 0.3 is 0 Å². The topological polar surface area (TPSA) is 52.2 Å². The molecule has 0 spiro atoms. The lowest BCUT2D eigenvalue weighted by Gasteiger charge is -2.13. The second kappa shape index (κ2) is 9.39. The molecule has 1 atom stereocenters. The van der Waals surface area contributed by atoms with Crippen LogP contribution in [0.25, 0.3) is 21.8 Å². The summed E-state index contributed by atoms with van der Waals surface area (Å²) in [4.78, 5) is 18.2. The molecule has 0 saturated heterocycles. The number of nitrogens with zero attached hydrogens (tertiary/aromatic N) is 4. The third kappa shape index (κ3) is 4.21. The number of halogens is 1. The average Bonchev–Trinajstić information content (AvgIpc) is 3.21. The molecule has 0 aliphatic carbocycles. The summed E-state index contributed by atoms with van der Waals surface area (Å²) in [5.74, 6) is 0.768. The fourth-order valence-electron chi connectivity index (χ4n) is 4.19. The van der Waals surface area contributed by atoms with Crippen molar-refractivity contribution in [3.63, 3.8) is 0 Å². The Morgan fingerprint density at radius 2 is 1.79 bits per heavy atom. The number of benzene rings is 3. The van der Waals surface area contributed by atoms with E-state index in [1.54, 1.807) is 6.21 Å². The fourth-order valence-corrected chi connectivity index (χ4v) is 4.55. The average molecular weight is 513 g/mol. The maximum Gasteiger partial charge on any atom is 0.282 e. The van der Waals surface area contributed by atoms with E-state index in [1.165, 1.54) is 10.2 Å². The van der Waals surface area contributed by atoms with Crippen molar-refractivity contribution < 1.29 is 0 Å². The maximum absolute atomic E-state index is 13.4. The molecule has 5 aromatic rings. The van der Waals surface area contributed by atoms with Gasteiger partial charge in [-0.1, -0.05) is 78.3 Å². The van der Waals surface area contributed by atoms with Crippen LogP contribution >= 0.6 is 15.9 Å². The number of hydrogen-bond donors (Lipinski definition) is 0. The predicted octanol–water partition coefficient (Wildman–Crippen LogP) is 6.56. The molecule has 0 unspecified atom stereocenters. The van der Waals surface area contributed by atoms with Gasteiger partial charge in [-0.3, -0.25) is 4.79 Å². The molecule has 0 bridgehead atoms. The van der Waals surface area contributed by atoms with Crippen LogP contribution in [0.3, 0.4) is 0 Å². The molecule has 0 saturated carbocycles. The van der Waals surface area contributed by atoms with Gasteiger partial charge in [-0.15, -0.1) is 0 Å². The van der Waals surface area contributed by atoms with E-state index < -0.39 is 0 Å². The third-order valence-electron chi connectivity index (χ3n) is 6.21. The summed E-state index contributed by atoms with van der Waals surface area (Å²) in [5, 5.41) is 6.32. The van der Waals surface area contributed by atoms with Crippen LogP contribution in [0.4, 0.5) is 0 Å². The Balaban J connectivity index is 1.63. The number of hydrogen-bond acceptors (Lipinski definition) is 3. The number of aromatic nitrogens is 3. The van der Waals surface area contributed by atoms with Crippen LogP contribution in [0.1, 0.15) is 43.1 Å². The van der Waals surface area contributed by atoms with Crippen LogP contribution < -0.4 is 5.56 Å². The Hall–Kier alpha value is -3.51. The molecule has 5 rings (SSSR count). The standard InChI is InChI=1S/C28H25BrN4O/c1-3-19(2)27-31-25-14-13-22(29)15-24(25)28(34)33(27)30-16-21-18-32(17-20-9-5-4-6-10-20)26-12-8-7-11-23(21)26/h4-16,18-19H,3,17H2,1-2H3/t19-/m0/s1. The molecule has 2 heterocycles. The van der Waals surface area contributed by atoms with E-state index in [0.717, 1.165) is 33.9 Å². The molecule has 0 aliphatic rings. The second-order valence-corrected chi connectivity index (χ2v) is 9.43. The van der Waals surface area contributed by atoms with Crippen LogP contribution in [-0.2, 0) is 6.54 Å². The van der Waals surface area contributed by atoms with E-state index in [4.69, 9.17) is 4.98 Å². The molecule has 0 fully saturated rings. The van der Waals surface area contributed by atoms with Gasteiger partial charge in [0.2, 0.25) is 0 Å². The Labute approximate surface area is 206 Å². The van der Waals surface area contributed by atoms with E-state index >= 15 is 0 Å². The van der Waals surface area contributed by atoms with Crippen LogP contribution in [0.2, 0.25) is 0 Å². The van der Waals surface area contributed by atoms with E-state index in [1.807, 2.05) is 36.4 Å². The van der Waals surface area contributed by atoms with Crippen molar-refractivity contribution in [2.45, 2.75) is 32.7 Å². The monoisotopic (exact) mass is 512 g/mol. The lowest BCUT2D eigenvalue weighted by atomic mass is 10.1. The number of rotatable bonds is 6. The van der Waals surface area contributed by atoms with Crippen molar-refractivity contribution in [3.8, 4) is 0 Å². The molecule has 34 heavy (non-hydrogen) atoms. The largest absolute Gasteiger partial charge is 0.342 e. The normalized spacial score (nSPS) is 12.7. The van der Waals surface area contributed by atoms with Gasteiger partial charge < -0.3 is 4.57 Å². The molecule has 5 nitrogen and oxygen atoms in total. The lowest BCUT2D eigenvalue weighted by molar-refractivity contribution is 0.613. The van der Waals surface area contributed by atoms with Crippen LogP contribution in [0, 0.1) is 0 Å². The van der Waals surface area contributed by atoms with Crippen LogP contribution in [0.15, 0.2) is 93.4 Å². The van der Waals surface area contributed by atoms with Gasteiger partial charge in [0.05, 0.1) is 17.1 Å². The first kappa shape index (κ1) is 22.3. The van der Waals surface area contributed by atoms with E-state index in [-0.39, 0.29) is 11.5 Å².